The highest BCUT2D eigenvalue weighted by atomic mass is 16.2. The average molecular weight is 342 g/mol. The van der Waals surface area contributed by atoms with Crippen LogP contribution in [0, 0.1) is 11.3 Å². The van der Waals surface area contributed by atoms with Gasteiger partial charge in [-0.2, -0.15) is 5.26 Å². The third-order valence-corrected chi connectivity index (χ3v) is 4.38. The van der Waals surface area contributed by atoms with E-state index in [0.717, 1.165) is 31.7 Å². The van der Waals surface area contributed by atoms with Crippen LogP contribution >= 0.6 is 0 Å². The molecule has 0 bridgehead atoms. The third kappa shape index (κ3) is 5.79. The largest absolute Gasteiger partial charge is 0.370 e. The van der Waals surface area contributed by atoms with Gasteiger partial charge in [0.2, 0.25) is 11.8 Å². The first-order chi connectivity index (χ1) is 12.1. The summed E-state index contributed by atoms with van der Waals surface area (Å²) in [7, 11) is 0. The normalized spacial score (nSPS) is 14.6. The van der Waals surface area contributed by atoms with Gasteiger partial charge in [0.25, 0.3) is 0 Å². The van der Waals surface area contributed by atoms with Gasteiger partial charge in [-0.1, -0.05) is 0 Å². The second kappa shape index (κ2) is 9.67. The van der Waals surface area contributed by atoms with Crippen molar-refractivity contribution in [3.05, 3.63) is 29.8 Å². The number of nitrogens with zero attached hydrogens (tertiary/aromatic N) is 3. The van der Waals surface area contributed by atoms with Crippen molar-refractivity contribution in [2.45, 2.75) is 32.6 Å². The van der Waals surface area contributed by atoms with E-state index in [1.165, 1.54) is 0 Å². The van der Waals surface area contributed by atoms with E-state index in [1.807, 2.05) is 36.1 Å². The molecule has 1 aliphatic heterocycles. The smallest absolute Gasteiger partial charge is 0.222 e. The summed E-state index contributed by atoms with van der Waals surface area (Å²) in [6.07, 6.45) is 2.35. The first-order valence-corrected chi connectivity index (χ1v) is 8.93. The van der Waals surface area contributed by atoms with E-state index in [9.17, 15) is 9.59 Å². The molecule has 1 fully saturated rings. The number of benzene rings is 1. The van der Waals surface area contributed by atoms with Crippen molar-refractivity contribution in [2.75, 3.05) is 37.6 Å². The highest BCUT2D eigenvalue weighted by Crippen LogP contribution is 2.17. The minimum atomic E-state index is 0.0122. The first kappa shape index (κ1) is 18.8. The van der Waals surface area contributed by atoms with E-state index in [0.29, 0.717) is 37.9 Å². The number of nitrogens with one attached hydrogen (secondary N) is 1. The van der Waals surface area contributed by atoms with Gasteiger partial charge in [-0.25, -0.2) is 0 Å². The molecule has 0 spiro atoms. The van der Waals surface area contributed by atoms with Gasteiger partial charge in [0.15, 0.2) is 0 Å². The van der Waals surface area contributed by atoms with E-state index in [1.54, 1.807) is 0 Å². The highest BCUT2D eigenvalue weighted by Gasteiger charge is 2.19. The summed E-state index contributed by atoms with van der Waals surface area (Å²) in [5.74, 6) is 0.143. The molecular weight excluding hydrogens is 316 g/mol. The lowest BCUT2D eigenvalue weighted by Crippen LogP contribution is -2.35. The number of anilines is 1. The number of amides is 2. The first-order valence-electron chi connectivity index (χ1n) is 8.93. The summed E-state index contributed by atoms with van der Waals surface area (Å²) in [4.78, 5) is 28.0. The Bertz CT molecular complexity index is 621. The number of carbonyl (C=O) groups excluding carboxylic acids is 2. The fraction of sp³-hybridized carbons (Fsp3) is 0.526. The van der Waals surface area contributed by atoms with Gasteiger partial charge in [-0.05, 0) is 44.0 Å². The molecule has 1 aromatic rings. The Morgan fingerprint density at radius 3 is 2.56 bits per heavy atom. The maximum atomic E-state index is 12.4. The minimum Gasteiger partial charge on any atom is -0.370 e. The molecule has 134 valence electrons. The van der Waals surface area contributed by atoms with Crippen LogP contribution in [0.3, 0.4) is 0 Å². The third-order valence-electron chi connectivity index (χ3n) is 4.38. The Balaban J connectivity index is 1.80. The highest BCUT2D eigenvalue weighted by molar-refractivity contribution is 5.79. The van der Waals surface area contributed by atoms with Crippen LogP contribution in [0.15, 0.2) is 24.3 Å². The molecule has 1 aromatic carbocycles. The molecule has 0 saturated carbocycles. The maximum absolute atomic E-state index is 12.4. The zero-order chi connectivity index (χ0) is 18.1. The maximum Gasteiger partial charge on any atom is 0.222 e. The SMILES string of the molecule is CCNC(=O)CCCC(=O)N1CCCN(c2ccc(C#N)cc2)CC1. The quantitative estimate of drug-likeness (QED) is 0.857. The van der Waals surface area contributed by atoms with Crippen molar-refractivity contribution >= 4 is 17.5 Å². The molecule has 1 aliphatic rings. The van der Waals surface area contributed by atoms with Gasteiger partial charge >= 0.3 is 0 Å². The number of rotatable bonds is 6. The summed E-state index contributed by atoms with van der Waals surface area (Å²) < 4.78 is 0. The summed E-state index contributed by atoms with van der Waals surface area (Å²) in [6, 6.07) is 9.70. The van der Waals surface area contributed by atoms with Gasteiger partial charge in [-0.15, -0.1) is 0 Å². The molecule has 25 heavy (non-hydrogen) atoms. The Kier molecular flexibility index (Phi) is 7.27. The van der Waals surface area contributed by atoms with Crippen molar-refractivity contribution < 1.29 is 9.59 Å². The molecule has 1 N–H and O–H groups in total. The molecule has 1 saturated heterocycles. The molecule has 0 aromatic heterocycles. The Morgan fingerprint density at radius 2 is 1.88 bits per heavy atom. The van der Waals surface area contributed by atoms with Crippen LogP contribution in [0.2, 0.25) is 0 Å². The number of hydrogen-bond acceptors (Lipinski definition) is 4. The molecule has 0 atom stereocenters. The van der Waals surface area contributed by atoms with E-state index in [2.05, 4.69) is 16.3 Å². The van der Waals surface area contributed by atoms with E-state index in [-0.39, 0.29) is 11.8 Å². The Labute approximate surface area is 149 Å². The van der Waals surface area contributed by atoms with Crippen LogP contribution < -0.4 is 10.2 Å². The van der Waals surface area contributed by atoms with Crippen LogP contribution in [0.1, 0.15) is 38.2 Å². The zero-order valence-corrected chi connectivity index (χ0v) is 14.8. The van der Waals surface area contributed by atoms with Crippen molar-refractivity contribution in [1.82, 2.24) is 10.2 Å². The van der Waals surface area contributed by atoms with Crippen LogP contribution in [-0.4, -0.2) is 49.4 Å². The Hall–Kier alpha value is -2.55. The lowest BCUT2D eigenvalue weighted by molar-refractivity contribution is -0.131. The summed E-state index contributed by atoms with van der Waals surface area (Å²) in [6.45, 7) is 5.65. The van der Waals surface area contributed by atoms with E-state index in [4.69, 9.17) is 5.26 Å². The van der Waals surface area contributed by atoms with Gasteiger partial charge in [-0.3, -0.25) is 9.59 Å². The molecule has 2 rings (SSSR count). The molecule has 0 aliphatic carbocycles. The topological polar surface area (TPSA) is 76.4 Å². The van der Waals surface area contributed by atoms with Crippen LogP contribution in [-0.2, 0) is 9.59 Å². The predicted molar refractivity (Wildman–Crippen MR) is 97.1 cm³/mol. The lowest BCUT2D eigenvalue weighted by Gasteiger charge is -2.23. The molecule has 6 heteroatoms. The predicted octanol–water partition coefficient (Wildman–Crippen LogP) is 1.90. The zero-order valence-electron chi connectivity index (χ0n) is 14.8. The van der Waals surface area contributed by atoms with Gasteiger partial charge in [0.05, 0.1) is 11.6 Å². The van der Waals surface area contributed by atoms with Gasteiger partial charge < -0.3 is 15.1 Å². The van der Waals surface area contributed by atoms with Crippen molar-refractivity contribution in [2.24, 2.45) is 0 Å². The number of hydrogen-bond donors (Lipinski definition) is 1. The Morgan fingerprint density at radius 1 is 1.12 bits per heavy atom. The minimum absolute atomic E-state index is 0.0122. The monoisotopic (exact) mass is 342 g/mol. The lowest BCUT2D eigenvalue weighted by atomic mass is 10.2. The van der Waals surface area contributed by atoms with Gasteiger partial charge in [0.1, 0.15) is 0 Å². The number of nitriles is 1. The fourth-order valence-corrected chi connectivity index (χ4v) is 3.02. The molecule has 2 amide bonds. The fourth-order valence-electron chi connectivity index (χ4n) is 3.02. The van der Waals surface area contributed by atoms with E-state index < -0.39 is 0 Å². The standard InChI is InChI=1S/C19H26N4O2/c1-2-21-18(24)5-3-6-19(25)23-12-4-11-22(13-14-23)17-9-7-16(15-20)8-10-17/h7-10H,2-6,11-14H2,1H3,(H,21,24). The van der Waals surface area contributed by atoms with Crippen LogP contribution in [0.4, 0.5) is 5.69 Å². The number of carbonyl (C=O) groups is 2. The van der Waals surface area contributed by atoms with E-state index >= 15 is 0 Å². The summed E-state index contributed by atoms with van der Waals surface area (Å²) in [5.41, 5.74) is 1.74. The molecule has 1 heterocycles. The summed E-state index contributed by atoms with van der Waals surface area (Å²) in [5, 5.41) is 11.6. The van der Waals surface area contributed by atoms with Crippen molar-refractivity contribution in [3.63, 3.8) is 0 Å². The van der Waals surface area contributed by atoms with Gasteiger partial charge in [0, 0.05) is 51.3 Å². The molecule has 6 nitrogen and oxygen atoms in total. The molecule has 0 unspecified atom stereocenters. The van der Waals surface area contributed by atoms with Crippen LogP contribution in [0.25, 0.3) is 0 Å². The molecule has 0 radical (unpaired) electrons. The summed E-state index contributed by atoms with van der Waals surface area (Å²) >= 11 is 0. The van der Waals surface area contributed by atoms with Crippen LogP contribution in [0.5, 0.6) is 0 Å². The van der Waals surface area contributed by atoms with Crippen molar-refractivity contribution in [1.29, 1.82) is 5.26 Å². The molecular formula is C19H26N4O2. The van der Waals surface area contributed by atoms with Crippen molar-refractivity contribution in [3.8, 4) is 6.07 Å². The second-order valence-electron chi connectivity index (χ2n) is 6.19. The second-order valence-corrected chi connectivity index (χ2v) is 6.19. The average Bonchev–Trinajstić information content (AvgIpc) is 2.88.